The molecule has 0 aliphatic carbocycles. The van der Waals surface area contributed by atoms with Crippen LogP contribution >= 0.6 is 11.6 Å². The van der Waals surface area contributed by atoms with Gasteiger partial charge in [-0.2, -0.15) is 0 Å². The Morgan fingerprint density at radius 1 is 1.05 bits per heavy atom. The van der Waals surface area contributed by atoms with E-state index >= 15 is 0 Å². The van der Waals surface area contributed by atoms with E-state index in [2.05, 4.69) is 31.2 Å². The molecule has 0 spiro atoms. The number of benzene rings is 2. The molecule has 2 rings (SSSR count). The predicted molar refractivity (Wildman–Crippen MR) is 80.7 cm³/mol. The first-order valence-electron chi connectivity index (χ1n) is 6.61. The van der Waals surface area contributed by atoms with Gasteiger partial charge in [0.2, 0.25) is 0 Å². The zero-order valence-electron chi connectivity index (χ0n) is 11.1. The summed E-state index contributed by atoms with van der Waals surface area (Å²) >= 11 is 5.84. The average Bonchev–Trinajstić information content (AvgIpc) is 2.39. The largest absolute Gasteiger partial charge is 0.393 e. The second-order valence-electron chi connectivity index (χ2n) is 5.01. The van der Waals surface area contributed by atoms with Crippen molar-refractivity contribution < 1.29 is 5.11 Å². The Hall–Kier alpha value is -1.31. The molecule has 2 aromatic rings. The lowest BCUT2D eigenvalue weighted by Gasteiger charge is -2.11. The van der Waals surface area contributed by atoms with Crippen LogP contribution in [-0.2, 0) is 12.8 Å². The van der Waals surface area contributed by atoms with Gasteiger partial charge in [-0.1, -0.05) is 53.6 Å². The molecule has 0 heterocycles. The van der Waals surface area contributed by atoms with Crippen LogP contribution in [0.3, 0.4) is 0 Å². The molecule has 0 bridgehead atoms. The molecule has 100 valence electrons. The number of aliphatic hydroxyl groups excluding tert-OH is 1. The second-order valence-corrected chi connectivity index (χ2v) is 5.45. The SMILES string of the molecule is Cc1cccc(CCC(O)Cc2ccc(Cl)cc2)c1. The maximum absolute atomic E-state index is 10.1. The lowest BCUT2D eigenvalue weighted by molar-refractivity contribution is 0.165. The molecule has 1 atom stereocenters. The van der Waals surface area contributed by atoms with Crippen LogP contribution in [0.4, 0.5) is 0 Å². The van der Waals surface area contributed by atoms with Gasteiger partial charge in [-0.15, -0.1) is 0 Å². The van der Waals surface area contributed by atoms with E-state index in [0.29, 0.717) is 6.42 Å². The van der Waals surface area contributed by atoms with E-state index in [4.69, 9.17) is 11.6 Å². The third-order valence-electron chi connectivity index (χ3n) is 3.23. The molecule has 1 N–H and O–H groups in total. The summed E-state index contributed by atoms with van der Waals surface area (Å²) in [6.45, 7) is 2.09. The highest BCUT2D eigenvalue weighted by Gasteiger charge is 2.06. The normalized spacial score (nSPS) is 12.4. The summed E-state index contributed by atoms with van der Waals surface area (Å²) in [6, 6.07) is 16.1. The van der Waals surface area contributed by atoms with E-state index < -0.39 is 0 Å². The van der Waals surface area contributed by atoms with Crippen LogP contribution in [0.15, 0.2) is 48.5 Å². The molecule has 0 aliphatic heterocycles. The van der Waals surface area contributed by atoms with E-state index in [1.807, 2.05) is 24.3 Å². The van der Waals surface area contributed by atoms with Crippen molar-refractivity contribution in [1.29, 1.82) is 0 Å². The Morgan fingerprint density at radius 2 is 1.79 bits per heavy atom. The third-order valence-corrected chi connectivity index (χ3v) is 3.49. The average molecular weight is 275 g/mol. The van der Waals surface area contributed by atoms with Crippen molar-refractivity contribution in [1.82, 2.24) is 0 Å². The topological polar surface area (TPSA) is 20.2 Å². The molecule has 1 unspecified atom stereocenters. The molecule has 0 aromatic heterocycles. The Kier molecular flexibility index (Phi) is 5.00. The van der Waals surface area contributed by atoms with Gasteiger partial charge in [-0.3, -0.25) is 0 Å². The van der Waals surface area contributed by atoms with Crippen molar-refractivity contribution >= 4 is 11.6 Å². The summed E-state index contributed by atoms with van der Waals surface area (Å²) in [5.74, 6) is 0. The van der Waals surface area contributed by atoms with Crippen LogP contribution < -0.4 is 0 Å². The number of halogens is 1. The monoisotopic (exact) mass is 274 g/mol. The summed E-state index contributed by atoms with van der Waals surface area (Å²) in [5, 5.41) is 10.8. The molecule has 2 aromatic carbocycles. The van der Waals surface area contributed by atoms with Gasteiger partial charge in [0, 0.05) is 5.02 Å². The molecule has 2 heteroatoms. The molecule has 0 saturated carbocycles. The summed E-state index contributed by atoms with van der Waals surface area (Å²) in [4.78, 5) is 0. The lowest BCUT2D eigenvalue weighted by atomic mass is 10.0. The van der Waals surface area contributed by atoms with Gasteiger partial charge in [0.25, 0.3) is 0 Å². The van der Waals surface area contributed by atoms with Crippen molar-refractivity contribution in [3.05, 3.63) is 70.2 Å². The smallest absolute Gasteiger partial charge is 0.0583 e. The van der Waals surface area contributed by atoms with Gasteiger partial charge in [0.15, 0.2) is 0 Å². The standard InChI is InChI=1S/C17H19ClO/c1-13-3-2-4-14(11-13)7-10-17(19)12-15-5-8-16(18)9-6-15/h2-6,8-9,11,17,19H,7,10,12H2,1H3. The van der Waals surface area contributed by atoms with Crippen LogP contribution in [0.5, 0.6) is 0 Å². The number of hydrogen-bond acceptors (Lipinski definition) is 1. The van der Waals surface area contributed by atoms with Crippen LogP contribution in [-0.4, -0.2) is 11.2 Å². The Labute approximate surface area is 119 Å². The van der Waals surface area contributed by atoms with E-state index in [-0.39, 0.29) is 6.10 Å². The fraction of sp³-hybridized carbons (Fsp3) is 0.294. The van der Waals surface area contributed by atoms with E-state index in [0.717, 1.165) is 23.4 Å². The van der Waals surface area contributed by atoms with Crippen molar-refractivity contribution in [3.8, 4) is 0 Å². The maximum atomic E-state index is 10.1. The predicted octanol–water partition coefficient (Wildman–Crippen LogP) is 4.18. The molecule has 0 radical (unpaired) electrons. The van der Waals surface area contributed by atoms with Gasteiger partial charge in [-0.25, -0.2) is 0 Å². The Morgan fingerprint density at radius 3 is 2.47 bits per heavy atom. The van der Waals surface area contributed by atoms with Gasteiger partial charge < -0.3 is 5.11 Å². The first-order valence-corrected chi connectivity index (χ1v) is 6.99. The number of hydrogen-bond donors (Lipinski definition) is 1. The highest BCUT2D eigenvalue weighted by molar-refractivity contribution is 6.30. The lowest BCUT2D eigenvalue weighted by Crippen LogP contribution is -2.11. The fourth-order valence-corrected chi connectivity index (χ4v) is 2.32. The molecule has 1 nitrogen and oxygen atoms in total. The minimum absolute atomic E-state index is 0.304. The number of rotatable bonds is 5. The van der Waals surface area contributed by atoms with Crippen LogP contribution in [0, 0.1) is 6.92 Å². The summed E-state index contributed by atoms with van der Waals surface area (Å²) in [7, 11) is 0. The summed E-state index contributed by atoms with van der Waals surface area (Å²) < 4.78 is 0. The molecule has 0 saturated heterocycles. The molecule has 0 fully saturated rings. The highest BCUT2D eigenvalue weighted by atomic mass is 35.5. The van der Waals surface area contributed by atoms with Crippen LogP contribution in [0.25, 0.3) is 0 Å². The van der Waals surface area contributed by atoms with E-state index in [1.54, 1.807) is 0 Å². The summed E-state index contributed by atoms with van der Waals surface area (Å²) in [5.41, 5.74) is 3.68. The van der Waals surface area contributed by atoms with Crippen molar-refractivity contribution in [2.45, 2.75) is 32.3 Å². The van der Waals surface area contributed by atoms with E-state index in [9.17, 15) is 5.11 Å². The number of aliphatic hydroxyl groups is 1. The Balaban J connectivity index is 1.84. The summed E-state index contributed by atoms with van der Waals surface area (Å²) in [6.07, 6.45) is 2.08. The highest BCUT2D eigenvalue weighted by Crippen LogP contribution is 2.14. The van der Waals surface area contributed by atoms with Crippen molar-refractivity contribution in [3.63, 3.8) is 0 Å². The van der Waals surface area contributed by atoms with Gasteiger partial charge in [0.1, 0.15) is 0 Å². The number of aryl methyl sites for hydroxylation is 2. The quantitative estimate of drug-likeness (QED) is 0.867. The molecular formula is C17H19ClO. The first kappa shape index (κ1) is 14.1. The minimum atomic E-state index is -0.304. The van der Waals surface area contributed by atoms with Crippen molar-refractivity contribution in [2.24, 2.45) is 0 Å². The molecule has 19 heavy (non-hydrogen) atoms. The van der Waals surface area contributed by atoms with Gasteiger partial charge in [0.05, 0.1) is 6.10 Å². The zero-order chi connectivity index (χ0) is 13.7. The van der Waals surface area contributed by atoms with Crippen LogP contribution in [0.1, 0.15) is 23.1 Å². The zero-order valence-corrected chi connectivity index (χ0v) is 11.9. The maximum Gasteiger partial charge on any atom is 0.0583 e. The third kappa shape index (κ3) is 4.70. The second kappa shape index (κ2) is 6.74. The molecule has 0 amide bonds. The molecule has 0 aliphatic rings. The van der Waals surface area contributed by atoms with E-state index in [1.165, 1.54) is 11.1 Å². The fourth-order valence-electron chi connectivity index (χ4n) is 2.20. The molecular weight excluding hydrogens is 256 g/mol. The Bertz CT molecular complexity index is 519. The first-order chi connectivity index (χ1) is 9.13. The van der Waals surface area contributed by atoms with Crippen molar-refractivity contribution in [2.75, 3.05) is 0 Å². The van der Waals surface area contributed by atoms with Gasteiger partial charge >= 0.3 is 0 Å². The van der Waals surface area contributed by atoms with Crippen LogP contribution in [0.2, 0.25) is 5.02 Å². The van der Waals surface area contributed by atoms with Gasteiger partial charge in [-0.05, 0) is 49.4 Å². The minimum Gasteiger partial charge on any atom is -0.393 e.